The van der Waals surface area contributed by atoms with Crippen LogP contribution in [0.15, 0.2) is 91.0 Å². The maximum atomic E-state index is 13.7. The van der Waals surface area contributed by atoms with Crippen molar-refractivity contribution in [2.75, 3.05) is 6.61 Å². The number of unbranched alkanes of at least 4 members (excludes halogenated alkanes) is 15. The first-order chi connectivity index (χ1) is 37.2. The Morgan fingerprint density at radius 1 is 0.506 bits per heavy atom. The maximum Gasteiger partial charge on any atom is 0.530 e. The summed E-state index contributed by atoms with van der Waals surface area (Å²) in [4.78, 5) is 13.7. The molecule has 0 N–H and O–H groups in total. The van der Waals surface area contributed by atoms with Gasteiger partial charge in [-0.15, -0.1) is 0 Å². The number of hydrogen-bond donors (Lipinski definition) is 0. The molecule has 0 atom stereocenters. The van der Waals surface area contributed by atoms with E-state index in [0.29, 0.717) is 18.8 Å². The summed E-state index contributed by atoms with van der Waals surface area (Å²) >= 11 is 0. The van der Waals surface area contributed by atoms with E-state index in [9.17, 15) is 4.79 Å². The molecule has 0 fully saturated rings. The molecular formula is C73H105O5P. The van der Waals surface area contributed by atoms with Gasteiger partial charge in [0.05, 0.1) is 6.61 Å². The predicted molar refractivity (Wildman–Crippen MR) is 339 cm³/mol. The molecule has 1 aliphatic rings. The van der Waals surface area contributed by atoms with Crippen LogP contribution in [-0.2, 0) is 43.0 Å². The van der Waals surface area contributed by atoms with Gasteiger partial charge in [-0.05, 0) is 79.4 Å². The van der Waals surface area contributed by atoms with E-state index in [1.54, 1.807) is 0 Å². The molecule has 0 aromatic heterocycles. The van der Waals surface area contributed by atoms with Crippen LogP contribution in [0.25, 0.3) is 22.3 Å². The lowest BCUT2D eigenvalue weighted by molar-refractivity contribution is -0.143. The van der Waals surface area contributed by atoms with Crippen LogP contribution >= 0.6 is 8.60 Å². The highest BCUT2D eigenvalue weighted by Crippen LogP contribution is 2.59. The number of benzene rings is 5. The van der Waals surface area contributed by atoms with Crippen molar-refractivity contribution < 1.29 is 23.1 Å². The number of esters is 1. The number of rotatable bonds is 24. The van der Waals surface area contributed by atoms with E-state index < -0.39 is 8.60 Å². The van der Waals surface area contributed by atoms with E-state index in [0.717, 1.165) is 80.0 Å². The van der Waals surface area contributed by atoms with Gasteiger partial charge in [-0.25, -0.2) is 0 Å². The van der Waals surface area contributed by atoms with Gasteiger partial charge in [0.25, 0.3) is 0 Å². The number of carbonyl (C=O) groups excluding carboxylic acids is 1. The van der Waals surface area contributed by atoms with Gasteiger partial charge >= 0.3 is 14.6 Å². The van der Waals surface area contributed by atoms with Crippen LogP contribution in [0.5, 0.6) is 17.2 Å². The highest BCUT2D eigenvalue weighted by atomic mass is 31.2. The van der Waals surface area contributed by atoms with Crippen molar-refractivity contribution >= 4 is 14.6 Å². The second-order valence-corrected chi connectivity index (χ2v) is 29.3. The summed E-state index contributed by atoms with van der Waals surface area (Å²) in [7, 11) is -2.17. The molecule has 1 heterocycles. The lowest BCUT2D eigenvalue weighted by Crippen LogP contribution is -2.24. The summed E-state index contributed by atoms with van der Waals surface area (Å²) in [6.07, 6.45) is 21.8. The molecule has 6 rings (SSSR count). The van der Waals surface area contributed by atoms with Gasteiger partial charge in [-0.3, -0.25) is 4.79 Å². The van der Waals surface area contributed by atoms with Crippen molar-refractivity contribution in [2.24, 2.45) is 0 Å². The van der Waals surface area contributed by atoms with Gasteiger partial charge in [0, 0.05) is 45.7 Å². The zero-order valence-electron chi connectivity index (χ0n) is 52.7. The fraction of sp³-hybridized carbons (Fsp3) is 0.575. The van der Waals surface area contributed by atoms with Crippen molar-refractivity contribution in [3.8, 4) is 39.5 Å². The standard InChI is InChI=1S/C73H105O5P/c1-18-19-20-21-22-23-24-25-26-27-28-29-30-31-32-39-46-75-63(74)45-44-55-47-60(53-40-35-33-36-41-53)68(64(65(55)73(15,16)17)54-42-37-34-38-43-54)78-79-76-66-58(48-56(69(3,4)5)50-61(66)71(9,10)11)52(2)59-49-57(70(6,7)8)51-62(67(59)77-79)72(12,13)14/h33-38,40-43,47-52H,18-32,39,44-46H2,1-17H3. The molecule has 5 aromatic carbocycles. The summed E-state index contributed by atoms with van der Waals surface area (Å²) in [5.74, 6) is 2.16. The predicted octanol–water partition coefficient (Wildman–Crippen LogP) is 22.5. The Kier molecular flexibility index (Phi) is 22.5. The molecule has 0 saturated heterocycles. The van der Waals surface area contributed by atoms with Crippen molar-refractivity contribution in [1.29, 1.82) is 0 Å². The zero-order chi connectivity index (χ0) is 57.8. The van der Waals surface area contributed by atoms with E-state index in [4.69, 9.17) is 18.3 Å². The molecule has 0 bridgehead atoms. The molecule has 0 saturated carbocycles. The van der Waals surface area contributed by atoms with Gasteiger partial charge in [0.1, 0.15) is 17.2 Å². The Hall–Kier alpha value is -4.60. The number of ether oxygens (including phenoxy) is 1. The van der Waals surface area contributed by atoms with Gasteiger partial charge in [0.15, 0.2) is 0 Å². The molecule has 0 radical (unpaired) electrons. The Morgan fingerprint density at radius 2 is 0.924 bits per heavy atom. The molecule has 0 unspecified atom stereocenters. The third kappa shape index (κ3) is 17.7. The minimum atomic E-state index is -2.17. The molecule has 6 heteroatoms. The Morgan fingerprint density at radius 3 is 1.33 bits per heavy atom. The number of hydrogen-bond acceptors (Lipinski definition) is 5. The van der Waals surface area contributed by atoms with Crippen LogP contribution in [0.4, 0.5) is 0 Å². The van der Waals surface area contributed by atoms with Crippen LogP contribution in [0.3, 0.4) is 0 Å². The topological polar surface area (TPSA) is 54.0 Å². The zero-order valence-corrected chi connectivity index (χ0v) is 53.6. The fourth-order valence-corrected chi connectivity index (χ4v) is 12.5. The molecular weight excluding hydrogens is 988 g/mol. The van der Waals surface area contributed by atoms with Crippen molar-refractivity contribution in [2.45, 2.75) is 266 Å². The van der Waals surface area contributed by atoms with Gasteiger partial charge < -0.3 is 18.3 Å². The first-order valence-corrected chi connectivity index (χ1v) is 32.0. The number of carbonyl (C=O) groups is 1. The first kappa shape index (κ1) is 63.6. The lowest BCUT2D eigenvalue weighted by Gasteiger charge is -2.37. The van der Waals surface area contributed by atoms with Crippen molar-refractivity contribution in [3.63, 3.8) is 0 Å². The average molecular weight is 1090 g/mol. The normalized spacial score (nSPS) is 15.1. The quantitative estimate of drug-likeness (QED) is 0.0350. The molecule has 5 aromatic rings. The second kappa shape index (κ2) is 27.9. The third-order valence-electron chi connectivity index (χ3n) is 16.1. The monoisotopic (exact) mass is 1090 g/mol. The van der Waals surface area contributed by atoms with Crippen LogP contribution in [0.2, 0.25) is 0 Å². The minimum absolute atomic E-state index is 0.0545. The summed E-state index contributed by atoms with van der Waals surface area (Å²) in [6.45, 7) is 39.4. The maximum absolute atomic E-state index is 13.7. The Balaban J connectivity index is 1.35. The van der Waals surface area contributed by atoms with Gasteiger partial charge in [-0.2, -0.15) is 0 Å². The molecule has 0 spiro atoms. The van der Waals surface area contributed by atoms with E-state index in [1.165, 1.54) is 101 Å². The summed E-state index contributed by atoms with van der Waals surface area (Å²) in [6, 6.07) is 32.9. The van der Waals surface area contributed by atoms with Crippen LogP contribution in [0.1, 0.15) is 277 Å². The van der Waals surface area contributed by atoms with E-state index in [1.807, 2.05) is 0 Å². The van der Waals surface area contributed by atoms with E-state index >= 15 is 0 Å². The summed E-state index contributed by atoms with van der Waals surface area (Å²) < 4.78 is 28.8. The highest BCUT2D eigenvalue weighted by Gasteiger charge is 2.40. The molecule has 0 aliphatic carbocycles. The number of fused-ring (bicyclic) bond motifs is 2. The largest absolute Gasteiger partial charge is 0.530 e. The Labute approximate surface area is 483 Å². The van der Waals surface area contributed by atoms with Gasteiger partial charge in [-0.1, -0.05) is 299 Å². The molecule has 79 heavy (non-hydrogen) atoms. The number of aryl methyl sites for hydroxylation is 1. The fourth-order valence-electron chi connectivity index (χ4n) is 11.3. The average Bonchev–Trinajstić information content (AvgIpc) is 3.47. The first-order valence-electron chi connectivity index (χ1n) is 30.9. The van der Waals surface area contributed by atoms with E-state index in [-0.39, 0.29) is 45.4 Å². The smallest absolute Gasteiger partial charge is 0.466 e. The summed E-state index contributed by atoms with van der Waals surface area (Å²) in [5, 5.41) is 0. The minimum Gasteiger partial charge on any atom is -0.466 e. The molecule has 432 valence electrons. The molecule has 0 amide bonds. The summed E-state index contributed by atoms with van der Waals surface area (Å²) in [5.41, 5.74) is 12.2. The van der Waals surface area contributed by atoms with Crippen LogP contribution < -0.4 is 13.6 Å². The van der Waals surface area contributed by atoms with Crippen LogP contribution in [-0.4, -0.2) is 12.6 Å². The Bertz CT molecular complexity index is 2630. The lowest BCUT2D eigenvalue weighted by atomic mass is 9.74. The van der Waals surface area contributed by atoms with Gasteiger partial charge in [0.2, 0.25) is 0 Å². The van der Waals surface area contributed by atoms with Crippen molar-refractivity contribution in [1.82, 2.24) is 0 Å². The highest BCUT2D eigenvalue weighted by molar-refractivity contribution is 7.43. The van der Waals surface area contributed by atoms with E-state index in [2.05, 4.69) is 209 Å². The SMILES string of the molecule is CCCCCCCCCCCCCCCCCCOC(=O)CCc1cc(-c2ccccc2)c(OP2Oc3c(cc(C(C)(C)C)cc3C(C)(C)C)C(C)c3cc(C(C)(C)C)cc(C(C)(C)C)c3O2)c(-c2ccccc2)c1C(C)(C)C. The van der Waals surface area contributed by atoms with Crippen molar-refractivity contribution in [3.05, 3.63) is 136 Å². The third-order valence-corrected chi connectivity index (χ3v) is 17.1. The molecule has 1 aliphatic heterocycles. The molecule has 5 nitrogen and oxygen atoms in total. The van der Waals surface area contributed by atoms with Crippen LogP contribution in [0, 0.1) is 0 Å². The second-order valence-electron chi connectivity index (χ2n) is 28.3.